The van der Waals surface area contributed by atoms with E-state index in [1.807, 2.05) is 0 Å². The first-order chi connectivity index (χ1) is 18.4. The number of aromatic amines is 1. The van der Waals surface area contributed by atoms with Gasteiger partial charge in [-0.2, -0.15) is 4.98 Å². The summed E-state index contributed by atoms with van der Waals surface area (Å²) in [5, 5.41) is 2.62. The highest BCUT2D eigenvalue weighted by Gasteiger charge is 2.28. The van der Waals surface area contributed by atoms with Crippen molar-refractivity contribution in [3.05, 3.63) is 51.3 Å². The van der Waals surface area contributed by atoms with E-state index in [4.69, 9.17) is 20.9 Å². The first kappa shape index (κ1) is 32.0. The van der Waals surface area contributed by atoms with Crippen LogP contribution in [0.4, 0.5) is 11.8 Å². The number of carbonyl (C=O) groups is 4. The maximum Gasteiger partial charge on any atom is 0.329 e. The van der Waals surface area contributed by atoms with Gasteiger partial charge in [0.05, 0.1) is 5.56 Å². The van der Waals surface area contributed by atoms with Crippen molar-refractivity contribution >= 4 is 35.4 Å². The number of benzene rings is 1. The lowest BCUT2D eigenvalue weighted by Gasteiger charge is -2.25. The van der Waals surface area contributed by atoms with Crippen LogP contribution in [0.1, 0.15) is 93.5 Å². The third-order valence-electron chi connectivity index (χ3n) is 5.42. The maximum absolute atomic E-state index is 12.9. The number of carbonyl (C=O) groups excluding carboxylic acids is 4. The van der Waals surface area contributed by atoms with Gasteiger partial charge < -0.3 is 26.3 Å². The minimum Gasteiger partial charge on any atom is -0.460 e. The van der Waals surface area contributed by atoms with Crippen LogP contribution in [0.15, 0.2) is 29.1 Å². The molecule has 0 aliphatic rings. The molecule has 1 amide bonds. The second-order valence-electron chi connectivity index (χ2n) is 11.4. The topological polar surface area (TPSA) is 197 Å². The average molecular weight is 558 g/mol. The molecule has 0 radical (unpaired) electrons. The van der Waals surface area contributed by atoms with E-state index < -0.39 is 40.6 Å². The predicted octanol–water partition coefficient (Wildman–Crippen LogP) is 2.70. The zero-order valence-electron chi connectivity index (χ0n) is 23.9. The van der Waals surface area contributed by atoms with Crippen molar-refractivity contribution in [3.63, 3.8) is 0 Å². The lowest BCUT2D eigenvalue weighted by atomic mass is 10.0. The SMILES string of the molecule is CC(C)(C)OC(=O)CC[C@H](NC(=O)c1ccc(C(=O)CCCc2c(N)nc(N)[nH]c2=O)cc1)C(=O)OC(C)(C)C. The zero-order chi connectivity index (χ0) is 30.3. The normalized spacial score (nSPS) is 12.3. The monoisotopic (exact) mass is 557 g/mol. The number of ketones is 1. The van der Waals surface area contributed by atoms with E-state index in [9.17, 15) is 24.0 Å². The van der Waals surface area contributed by atoms with Crippen LogP contribution in [0.5, 0.6) is 0 Å². The molecule has 0 aliphatic heterocycles. The summed E-state index contributed by atoms with van der Waals surface area (Å²) in [5.74, 6) is -1.98. The number of amides is 1. The van der Waals surface area contributed by atoms with Crippen molar-refractivity contribution in [2.75, 3.05) is 11.5 Å². The molecule has 1 aromatic carbocycles. The molecule has 12 heteroatoms. The van der Waals surface area contributed by atoms with Crippen LogP contribution in [-0.2, 0) is 25.5 Å². The Morgan fingerprint density at radius 2 is 1.50 bits per heavy atom. The molecule has 12 nitrogen and oxygen atoms in total. The number of rotatable bonds is 11. The Morgan fingerprint density at radius 1 is 0.925 bits per heavy atom. The fourth-order valence-electron chi connectivity index (χ4n) is 3.67. The van der Waals surface area contributed by atoms with Gasteiger partial charge >= 0.3 is 11.9 Å². The van der Waals surface area contributed by atoms with Crippen molar-refractivity contribution < 1.29 is 28.7 Å². The molecule has 1 aromatic heterocycles. The molecule has 0 saturated heterocycles. The molecule has 2 aromatic rings. The van der Waals surface area contributed by atoms with E-state index in [1.165, 1.54) is 24.3 Å². The number of hydrogen-bond acceptors (Lipinski definition) is 10. The third-order valence-corrected chi connectivity index (χ3v) is 5.42. The van der Waals surface area contributed by atoms with Gasteiger partial charge in [0.25, 0.3) is 11.5 Å². The predicted molar refractivity (Wildman–Crippen MR) is 150 cm³/mol. The van der Waals surface area contributed by atoms with E-state index >= 15 is 0 Å². The van der Waals surface area contributed by atoms with Gasteiger partial charge in [-0.1, -0.05) is 12.1 Å². The summed E-state index contributed by atoms with van der Waals surface area (Å²) in [6, 6.07) is 4.86. The number of H-pyrrole nitrogens is 1. The van der Waals surface area contributed by atoms with Crippen LogP contribution < -0.4 is 22.3 Å². The molecule has 0 bridgehead atoms. The number of Topliss-reactive ketones (excluding diaryl/α,β-unsaturated/α-hetero) is 1. The minimum absolute atomic E-state index is 0.0109. The van der Waals surface area contributed by atoms with Crippen LogP contribution in [0.25, 0.3) is 0 Å². The van der Waals surface area contributed by atoms with Crippen molar-refractivity contribution in [2.24, 2.45) is 0 Å². The van der Waals surface area contributed by atoms with E-state index in [2.05, 4.69) is 15.3 Å². The van der Waals surface area contributed by atoms with Gasteiger partial charge in [-0.15, -0.1) is 0 Å². The summed E-state index contributed by atoms with van der Waals surface area (Å²) in [5.41, 5.74) is 10.1. The summed E-state index contributed by atoms with van der Waals surface area (Å²) < 4.78 is 10.7. The first-order valence-electron chi connectivity index (χ1n) is 13.0. The van der Waals surface area contributed by atoms with Crippen LogP contribution in [0.3, 0.4) is 0 Å². The number of anilines is 2. The summed E-state index contributed by atoms with van der Waals surface area (Å²) in [7, 11) is 0. The molecule has 6 N–H and O–H groups in total. The average Bonchev–Trinajstić information content (AvgIpc) is 2.80. The zero-order valence-corrected chi connectivity index (χ0v) is 23.9. The number of esters is 2. The summed E-state index contributed by atoms with van der Waals surface area (Å²) in [4.78, 5) is 68.7. The van der Waals surface area contributed by atoms with E-state index in [-0.39, 0.29) is 54.4 Å². The fourth-order valence-corrected chi connectivity index (χ4v) is 3.67. The van der Waals surface area contributed by atoms with Crippen molar-refractivity contribution in [2.45, 2.75) is 90.9 Å². The molecule has 0 unspecified atom stereocenters. The standard InChI is InChI=1S/C28H39N5O7/c1-27(2,3)39-21(35)15-14-19(25(38)40-28(4,5)6)31-23(36)17-12-10-16(11-13-17)20(34)9-7-8-18-22(29)32-26(30)33-24(18)37/h10-13,19H,7-9,14-15H2,1-6H3,(H,31,36)(H5,29,30,32,33,37)/t19-/m0/s1. The quantitative estimate of drug-likeness (QED) is 0.235. The first-order valence-corrected chi connectivity index (χ1v) is 13.0. The highest BCUT2D eigenvalue weighted by Crippen LogP contribution is 2.16. The Kier molecular flexibility index (Phi) is 10.6. The van der Waals surface area contributed by atoms with E-state index in [1.54, 1.807) is 41.5 Å². The lowest BCUT2D eigenvalue weighted by molar-refractivity contribution is -0.158. The van der Waals surface area contributed by atoms with Crippen molar-refractivity contribution in [1.82, 2.24) is 15.3 Å². The van der Waals surface area contributed by atoms with Gasteiger partial charge in [-0.25, -0.2) is 4.79 Å². The molecule has 0 aliphatic carbocycles. The number of nitrogens with two attached hydrogens (primary N) is 2. The Hall–Kier alpha value is -4.22. The number of aromatic nitrogens is 2. The van der Waals surface area contributed by atoms with Gasteiger partial charge in [-0.3, -0.25) is 24.2 Å². The van der Waals surface area contributed by atoms with E-state index in [0.29, 0.717) is 12.0 Å². The summed E-state index contributed by atoms with van der Waals surface area (Å²) in [6.07, 6.45) is 0.632. The number of nitrogens with one attached hydrogen (secondary N) is 2. The molecule has 0 spiro atoms. The molecule has 0 fully saturated rings. The molecule has 1 heterocycles. The summed E-state index contributed by atoms with van der Waals surface area (Å²) >= 11 is 0. The summed E-state index contributed by atoms with van der Waals surface area (Å²) in [6.45, 7) is 10.3. The molecule has 1 atom stereocenters. The molecule has 2 rings (SSSR count). The van der Waals surface area contributed by atoms with Crippen LogP contribution >= 0.6 is 0 Å². The Bertz CT molecular complexity index is 1290. The Labute approximate surface area is 233 Å². The number of nitrogens with zero attached hydrogens (tertiary/aromatic N) is 1. The van der Waals surface area contributed by atoms with Gasteiger partial charge in [0.2, 0.25) is 5.95 Å². The van der Waals surface area contributed by atoms with Gasteiger partial charge in [0, 0.05) is 24.0 Å². The number of nitrogen functional groups attached to an aromatic ring is 2. The third kappa shape index (κ3) is 10.5. The van der Waals surface area contributed by atoms with Crippen molar-refractivity contribution in [1.29, 1.82) is 0 Å². The maximum atomic E-state index is 12.9. The smallest absolute Gasteiger partial charge is 0.329 e. The molecule has 40 heavy (non-hydrogen) atoms. The second-order valence-corrected chi connectivity index (χ2v) is 11.4. The lowest BCUT2D eigenvalue weighted by Crippen LogP contribution is -2.44. The molecule has 218 valence electrons. The number of ether oxygens (including phenoxy) is 2. The molecular formula is C28H39N5O7. The minimum atomic E-state index is -1.08. The molecular weight excluding hydrogens is 518 g/mol. The van der Waals surface area contributed by atoms with Crippen LogP contribution in [-0.4, -0.2) is 50.8 Å². The van der Waals surface area contributed by atoms with Crippen molar-refractivity contribution in [3.8, 4) is 0 Å². The van der Waals surface area contributed by atoms with Gasteiger partial charge in [0.15, 0.2) is 5.78 Å². The Morgan fingerprint density at radius 3 is 2.05 bits per heavy atom. The van der Waals surface area contributed by atoms with E-state index in [0.717, 1.165) is 0 Å². The number of hydrogen-bond donors (Lipinski definition) is 4. The van der Waals surface area contributed by atoms with Gasteiger partial charge in [-0.05, 0) is 72.9 Å². The fraction of sp³-hybridized carbons (Fsp3) is 0.500. The molecule has 0 saturated carbocycles. The van der Waals surface area contributed by atoms with Gasteiger partial charge in [0.1, 0.15) is 23.1 Å². The second kappa shape index (κ2) is 13.2. The highest BCUT2D eigenvalue weighted by atomic mass is 16.6. The Balaban J connectivity index is 2.02. The van der Waals surface area contributed by atoms with Crippen LogP contribution in [0.2, 0.25) is 0 Å². The largest absolute Gasteiger partial charge is 0.460 e. The highest BCUT2D eigenvalue weighted by molar-refractivity contribution is 5.99. The van der Waals surface area contributed by atoms with Crippen LogP contribution in [0, 0.1) is 0 Å².